The Morgan fingerprint density at radius 1 is 1.16 bits per heavy atom. The number of methoxy groups -OCH3 is 1. The van der Waals surface area contributed by atoms with E-state index in [1.54, 1.807) is 55.2 Å². The number of nitrogens with zero attached hydrogens (tertiary/aromatic N) is 2. The highest BCUT2D eigenvalue weighted by atomic mass is 32.2. The second-order valence-corrected chi connectivity index (χ2v) is 9.18. The van der Waals surface area contributed by atoms with E-state index in [4.69, 9.17) is 9.47 Å². The molecule has 7 nitrogen and oxygen atoms in total. The average molecular weight is 445 g/mol. The van der Waals surface area contributed by atoms with Crippen molar-refractivity contribution in [3.8, 4) is 16.9 Å². The predicted molar refractivity (Wildman–Crippen MR) is 122 cm³/mol. The van der Waals surface area contributed by atoms with Crippen LogP contribution in [0.4, 0.5) is 16.2 Å². The topological polar surface area (TPSA) is 82.1 Å². The van der Waals surface area contributed by atoms with E-state index in [2.05, 4.69) is 0 Å². The van der Waals surface area contributed by atoms with Crippen LogP contribution in [0.25, 0.3) is 11.1 Å². The van der Waals surface area contributed by atoms with E-state index in [0.29, 0.717) is 23.7 Å². The van der Waals surface area contributed by atoms with Gasteiger partial charge < -0.3 is 18.9 Å². The smallest absolute Gasteiger partial charge is 0.414 e. The molecule has 8 heteroatoms. The van der Waals surface area contributed by atoms with E-state index in [1.165, 1.54) is 6.92 Å². The van der Waals surface area contributed by atoms with Gasteiger partial charge >= 0.3 is 6.09 Å². The lowest BCUT2D eigenvalue weighted by Crippen LogP contribution is -2.51. The van der Waals surface area contributed by atoms with Crippen LogP contribution < -0.4 is 14.5 Å². The summed E-state index contributed by atoms with van der Waals surface area (Å²) in [6.45, 7) is 7.31. The monoisotopic (exact) mass is 444 g/mol. The molecule has 0 aromatic heterocycles. The molecule has 2 aromatic carbocycles. The maximum atomic E-state index is 12.9. The lowest BCUT2D eigenvalue weighted by atomic mass is 9.99. The van der Waals surface area contributed by atoms with Crippen LogP contribution in [0.2, 0.25) is 0 Å². The van der Waals surface area contributed by atoms with Gasteiger partial charge in [-0.15, -0.1) is 0 Å². The molecule has 0 spiro atoms. The van der Waals surface area contributed by atoms with Gasteiger partial charge in [0.15, 0.2) is 4.90 Å². The fraction of sp³-hybridized carbons (Fsp3) is 0.391. The SMILES string of the molecule is COc1cc2c(cc1-c1ccc([S+](C)[O-])cc1)N(C(=O)OC(C)C)CC(C)N2C(C)=O. The maximum Gasteiger partial charge on any atom is 0.414 e. The number of fused-ring (bicyclic) bond motifs is 1. The van der Waals surface area contributed by atoms with Crippen LogP contribution in [0.5, 0.6) is 5.75 Å². The third-order valence-electron chi connectivity index (χ3n) is 5.13. The van der Waals surface area contributed by atoms with Crippen molar-refractivity contribution in [1.82, 2.24) is 0 Å². The van der Waals surface area contributed by atoms with Crippen LogP contribution >= 0.6 is 0 Å². The first-order valence-electron chi connectivity index (χ1n) is 10.1. The van der Waals surface area contributed by atoms with E-state index < -0.39 is 17.3 Å². The van der Waals surface area contributed by atoms with Gasteiger partial charge in [0.05, 0.1) is 30.6 Å². The van der Waals surface area contributed by atoms with Crippen LogP contribution in [0.15, 0.2) is 41.3 Å². The van der Waals surface area contributed by atoms with Gasteiger partial charge in [-0.3, -0.25) is 9.69 Å². The van der Waals surface area contributed by atoms with Gasteiger partial charge in [-0.1, -0.05) is 0 Å². The van der Waals surface area contributed by atoms with Gasteiger partial charge in [0, 0.05) is 25.1 Å². The molecule has 2 atom stereocenters. The number of anilines is 2. The molecule has 1 aliphatic heterocycles. The summed E-state index contributed by atoms with van der Waals surface area (Å²) in [5.41, 5.74) is 2.78. The Morgan fingerprint density at radius 2 is 1.81 bits per heavy atom. The summed E-state index contributed by atoms with van der Waals surface area (Å²) in [5.74, 6) is 0.455. The summed E-state index contributed by atoms with van der Waals surface area (Å²) < 4.78 is 22.8. The fourth-order valence-electron chi connectivity index (χ4n) is 3.79. The predicted octanol–water partition coefficient (Wildman–Crippen LogP) is 4.21. The summed E-state index contributed by atoms with van der Waals surface area (Å²) in [5, 5.41) is 0. The second kappa shape index (κ2) is 9.20. The van der Waals surface area contributed by atoms with E-state index >= 15 is 0 Å². The Balaban J connectivity index is 2.17. The van der Waals surface area contributed by atoms with Crippen LogP contribution in [-0.2, 0) is 20.7 Å². The van der Waals surface area contributed by atoms with Crippen LogP contribution in [0.1, 0.15) is 27.7 Å². The molecule has 166 valence electrons. The van der Waals surface area contributed by atoms with Crippen LogP contribution in [0, 0.1) is 0 Å². The zero-order valence-electron chi connectivity index (χ0n) is 18.7. The number of benzene rings is 2. The quantitative estimate of drug-likeness (QED) is 0.660. The first kappa shape index (κ1) is 23.0. The highest BCUT2D eigenvalue weighted by molar-refractivity contribution is 7.90. The second-order valence-electron chi connectivity index (χ2n) is 7.80. The van der Waals surface area contributed by atoms with E-state index in [-0.39, 0.29) is 18.1 Å². The molecule has 1 heterocycles. The van der Waals surface area contributed by atoms with Gasteiger partial charge in [0.25, 0.3) is 0 Å². The van der Waals surface area contributed by atoms with E-state index in [1.807, 2.05) is 25.1 Å². The number of hydrogen-bond acceptors (Lipinski definition) is 5. The summed E-state index contributed by atoms with van der Waals surface area (Å²) >= 11 is -1.08. The van der Waals surface area contributed by atoms with Gasteiger partial charge in [-0.2, -0.15) is 0 Å². The van der Waals surface area contributed by atoms with Gasteiger partial charge in [-0.05, 0) is 67.8 Å². The molecule has 0 fully saturated rings. The Morgan fingerprint density at radius 3 is 2.32 bits per heavy atom. The molecule has 0 saturated carbocycles. The maximum absolute atomic E-state index is 12.9. The van der Waals surface area contributed by atoms with Crippen molar-refractivity contribution in [1.29, 1.82) is 0 Å². The third-order valence-corrected chi connectivity index (χ3v) is 6.06. The molecule has 2 aromatic rings. The summed E-state index contributed by atoms with van der Waals surface area (Å²) in [6.07, 6.45) is 0.904. The molecule has 3 rings (SSSR count). The molecule has 0 bridgehead atoms. The Labute approximate surface area is 186 Å². The molecule has 2 unspecified atom stereocenters. The van der Waals surface area contributed by atoms with Crippen molar-refractivity contribution in [2.75, 3.05) is 29.7 Å². The van der Waals surface area contributed by atoms with E-state index in [0.717, 1.165) is 16.0 Å². The number of rotatable bonds is 4. The van der Waals surface area contributed by atoms with Crippen molar-refractivity contribution in [2.24, 2.45) is 0 Å². The van der Waals surface area contributed by atoms with Crippen molar-refractivity contribution in [2.45, 2.75) is 44.7 Å². The van der Waals surface area contributed by atoms with Gasteiger partial charge in [0.2, 0.25) is 5.91 Å². The van der Waals surface area contributed by atoms with Crippen molar-refractivity contribution < 1.29 is 23.6 Å². The number of hydrogen-bond donors (Lipinski definition) is 0. The first-order valence-corrected chi connectivity index (χ1v) is 11.6. The Bertz CT molecular complexity index is 975. The first-order chi connectivity index (χ1) is 14.6. The zero-order valence-corrected chi connectivity index (χ0v) is 19.5. The Kier molecular flexibility index (Phi) is 6.81. The molecule has 0 radical (unpaired) electrons. The summed E-state index contributed by atoms with van der Waals surface area (Å²) in [7, 11) is 1.57. The van der Waals surface area contributed by atoms with Crippen LogP contribution in [-0.4, -0.2) is 48.6 Å². The van der Waals surface area contributed by atoms with Crippen LogP contribution in [0.3, 0.4) is 0 Å². The molecule has 0 N–H and O–H groups in total. The number of carbonyl (C=O) groups is 2. The minimum Gasteiger partial charge on any atom is -0.612 e. The van der Waals surface area contributed by atoms with Gasteiger partial charge in [0.1, 0.15) is 12.0 Å². The molecular formula is C23H28N2O5S. The number of amides is 2. The number of ether oxygens (including phenoxy) is 2. The zero-order chi connectivity index (χ0) is 22.9. The molecule has 2 amide bonds. The highest BCUT2D eigenvalue weighted by Gasteiger charge is 2.36. The molecule has 1 aliphatic rings. The third kappa shape index (κ3) is 4.65. The largest absolute Gasteiger partial charge is 0.612 e. The summed E-state index contributed by atoms with van der Waals surface area (Å²) in [4.78, 5) is 29.2. The van der Waals surface area contributed by atoms with Gasteiger partial charge in [-0.25, -0.2) is 4.79 Å². The summed E-state index contributed by atoms with van der Waals surface area (Å²) in [6, 6.07) is 10.7. The van der Waals surface area contributed by atoms with E-state index in [9.17, 15) is 14.1 Å². The Hall–Kier alpha value is -2.71. The van der Waals surface area contributed by atoms with Crippen molar-refractivity contribution in [3.63, 3.8) is 0 Å². The highest BCUT2D eigenvalue weighted by Crippen LogP contribution is 2.44. The minimum absolute atomic E-state index is 0.116. The molecule has 0 aliphatic carbocycles. The molecule has 31 heavy (non-hydrogen) atoms. The number of carbonyl (C=O) groups excluding carboxylic acids is 2. The molecular weight excluding hydrogens is 416 g/mol. The average Bonchev–Trinajstić information content (AvgIpc) is 2.71. The lowest BCUT2D eigenvalue weighted by Gasteiger charge is -2.40. The minimum atomic E-state index is -1.08. The lowest BCUT2D eigenvalue weighted by molar-refractivity contribution is -0.117. The molecule has 0 saturated heterocycles. The van der Waals surface area contributed by atoms with Crippen molar-refractivity contribution >= 4 is 34.6 Å². The standard InChI is InChI=1S/C23H28N2O5S/c1-14(2)30-23(27)24-13-15(3)25(16(4)26)21-12-22(29-5)19(11-20(21)24)17-7-9-18(10-8-17)31(6)28/h7-12,14-15H,13H2,1-6H3. The normalized spacial score (nSPS) is 16.7. The fourth-order valence-corrected chi connectivity index (χ4v) is 4.31. The van der Waals surface area contributed by atoms with Crippen molar-refractivity contribution in [3.05, 3.63) is 36.4 Å².